The highest BCUT2D eigenvalue weighted by atomic mass is 32.2. The molecule has 4 aromatic rings. The third kappa shape index (κ3) is 11.3. The summed E-state index contributed by atoms with van der Waals surface area (Å²) in [5.74, 6) is 0.782. The number of nitrogens with zero attached hydrogens (tertiary/aromatic N) is 2. The van der Waals surface area contributed by atoms with E-state index >= 15 is 0 Å². The van der Waals surface area contributed by atoms with Crippen molar-refractivity contribution < 1.29 is 10.0 Å². The molecule has 0 spiro atoms. The Morgan fingerprint density at radius 2 is 1.70 bits per heavy atom. The van der Waals surface area contributed by atoms with Gasteiger partial charge in [-0.1, -0.05) is 81.8 Å². The first-order valence-corrected chi connectivity index (χ1v) is 17.7. The van der Waals surface area contributed by atoms with Crippen molar-refractivity contribution in [1.29, 1.82) is 0 Å². The molecule has 6 nitrogen and oxygen atoms in total. The van der Waals surface area contributed by atoms with Gasteiger partial charge < -0.3 is 10.4 Å². The molecular weight excluding hydrogens is 587 g/mol. The number of fused-ring (bicyclic) bond motifs is 1. The molecule has 238 valence electrons. The van der Waals surface area contributed by atoms with Crippen LogP contribution >= 0.6 is 23.1 Å². The normalized spacial score (nSPS) is 14.6. The van der Waals surface area contributed by atoms with Crippen LogP contribution in [0.25, 0.3) is 10.8 Å². The molecule has 1 aromatic heterocycles. The number of thioether (sulfide) groups is 1. The van der Waals surface area contributed by atoms with Crippen LogP contribution in [0.15, 0.2) is 83.1 Å². The molecule has 2 heterocycles. The summed E-state index contributed by atoms with van der Waals surface area (Å²) in [6.45, 7) is 12.3. The molecule has 1 atom stereocenters. The van der Waals surface area contributed by atoms with Crippen LogP contribution in [-0.4, -0.2) is 46.7 Å². The van der Waals surface area contributed by atoms with Crippen molar-refractivity contribution in [1.82, 2.24) is 10.2 Å². The molecule has 0 radical (unpaired) electrons. The summed E-state index contributed by atoms with van der Waals surface area (Å²) in [4.78, 5) is 15.5. The van der Waals surface area contributed by atoms with Gasteiger partial charge in [-0.3, -0.25) is 15.0 Å². The number of piperidine rings is 1. The van der Waals surface area contributed by atoms with Crippen molar-refractivity contribution in [3.63, 3.8) is 0 Å². The Hall–Kier alpha value is -2.75. The highest BCUT2D eigenvalue weighted by Crippen LogP contribution is 2.33. The van der Waals surface area contributed by atoms with Crippen LogP contribution in [0.3, 0.4) is 0 Å². The fraction of sp³-hybridized carbons (Fsp3) is 0.444. The standard InChI is InChI=1S/C17H20N2O2S2.C17H23NO.C2H6/c20-19(21)16-11-14(12-18-8-2-1-3-9-18)6-7-17(16)23-13-15-5-4-10-22-15;1-3-17(2,18-10-11-19)13-14-8-9-15-6-4-5-7-16(15)12-14;1-2/h4-7,10-11H,1-3,8-9,12-13H2;4-9,12,18-19H,3,10-11,13H2,1-2H3;1-2H3. The zero-order valence-electron chi connectivity index (χ0n) is 26.8. The van der Waals surface area contributed by atoms with E-state index in [1.165, 1.54) is 40.5 Å². The van der Waals surface area contributed by atoms with Gasteiger partial charge in [0.25, 0.3) is 5.69 Å². The molecule has 5 rings (SSSR count). The van der Waals surface area contributed by atoms with E-state index in [1.54, 1.807) is 29.2 Å². The summed E-state index contributed by atoms with van der Waals surface area (Å²) in [6, 6.07) is 24.9. The first-order chi connectivity index (χ1) is 21.4. The molecule has 0 amide bonds. The first-order valence-electron chi connectivity index (χ1n) is 15.9. The maximum atomic E-state index is 11.4. The average Bonchev–Trinajstić information content (AvgIpc) is 3.59. The second kappa shape index (κ2) is 18.9. The van der Waals surface area contributed by atoms with Crippen molar-refractivity contribution in [2.24, 2.45) is 0 Å². The van der Waals surface area contributed by atoms with Crippen LogP contribution in [0.4, 0.5) is 5.69 Å². The van der Waals surface area contributed by atoms with Crippen LogP contribution in [0.5, 0.6) is 0 Å². The Labute approximate surface area is 272 Å². The van der Waals surface area contributed by atoms with Crippen molar-refractivity contribution in [2.45, 2.75) is 82.5 Å². The highest BCUT2D eigenvalue weighted by Gasteiger charge is 2.21. The number of aliphatic hydroxyl groups is 1. The van der Waals surface area contributed by atoms with Crippen LogP contribution in [0, 0.1) is 10.1 Å². The summed E-state index contributed by atoms with van der Waals surface area (Å²) in [5, 5.41) is 28.4. The van der Waals surface area contributed by atoms with Crippen LogP contribution in [0.1, 0.15) is 69.4 Å². The summed E-state index contributed by atoms with van der Waals surface area (Å²) in [6.07, 6.45) is 5.79. The molecule has 44 heavy (non-hydrogen) atoms. The molecule has 8 heteroatoms. The Morgan fingerprint density at radius 1 is 0.977 bits per heavy atom. The predicted molar refractivity (Wildman–Crippen MR) is 189 cm³/mol. The second-order valence-electron chi connectivity index (χ2n) is 11.2. The maximum absolute atomic E-state index is 11.4. The predicted octanol–water partition coefficient (Wildman–Crippen LogP) is 9.09. The average molecular weight is 636 g/mol. The third-order valence-electron chi connectivity index (χ3n) is 7.88. The third-order valence-corrected chi connectivity index (χ3v) is 10.0. The van der Waals surface area contributed by atoms with Gasteiger partial charge in [0, 0.05) is 35.3 Å². The molecule has 0 saturated carbocycles. The minimum Gasteiger partial charge on any atom is -0.395 e. The number of aliphatic hydroxyl groups excluding tert-OH is 1. The zero-order valence-corrected chi connectivity index (χ0v) is 28.4. The molecule has 1 aliphatic heterocycles. The number of thiophene rings is 1. The molecule has 1 unspecified atom stereocenters. The lowest BCUT2D eigenvalue weighted by Crippen LogP contribution is -2.45. The Kier molecular flexibility index (Phi) is 15.4. The number of hydrogen-bond donors (Lipinski definition) is 2. The van der Waals surface area contributed by atoms with Crippen LogP contribution in [0.2, 0.25) is 0 Å². The summed E-state index contributed by atoms with van der Waals surface area (Å²) >= 11 is 3.23. The van der Waals surface area contributed by atoms with Gasteiger partial charge in [-0.25, -0.2) is 0 Å². The molecule has 1 saturated heterocycles. The number of nitro groups is 1. The highest BCUT2D eigenvalue weighted by molar-refractivity contribution is 7.98. The zero-order chi connectivity index (χ0) is 31.8. The number of β-amino-alcohol motifs (C(OH)–C–C–N with tert-alkyl or cyclic N) is 1. The lowest BCUT2D eigenvalue weighted by Gasteiger charge is -2.30. The van der Waals surface area contributed by atoms with Gasteiger partial charge in [0.15, 0.2) is 0 Å². The number of hydrogen-bond acceptors (Lipinski definition) is 7. The molecule has 1 aliphatic rings. The van der Waals surface area contributed by atoms with Gasteiger partial charge in [0.05, 0.1) is 16.4 Å². The van der Waals surface area contributed by atoms with Crippen molar-refractivity contribution in [3.05, 3.63) is 104 Å². The van der Waals surface area contributed by atoms with E-state index in [2.05, 4.69) is 72.6 Å². The summed E-state index contributed by atoms with van der Waals surface area (Å²) in [7, 11) is 0. The molecule has 1 fully saturated rings. The van der Waals surface area contributed by atoms with E-state index in [0.29, 0.717) is 6.54 Å². The van der Waals surface area contributed by atoms with Gasteiger partial charge in [-0.15, -0.1) is 23.1 Å². The number of benzene rings is 3. The SMILES string of the molecule is CC.CCC(C)(Cc1ccc2ccccc2c1)NCCO.O=[N+]([O-])c1cc(CN2CCCCC2)ccc1SCc1cccs1. The van der Waals surface area contributed by atoms with Gasteiger partial charge in [0.1, 0.15) is 0 Å². The van der Waals surface area contributed by atoms with E-state index in [0.717, 1.165) is 48.7 Å². The fourth-order valence-corrected chi connectivity index (χ4v) is 7.09. The van der Waals surface area contributed by atoms with Gasteiger partial charge in [0.2, 0.25) is 0 Å². The minimum atomic E-state index is -0.254. The Bertz CT molecular complexity index is 1410. The van der Waals surface area contributed by atoms with Gasteiger partial charge >= 0.3 is 0 Å². The summed E-state index contributed by atoms with van der Waals surface area (Å²) < 4.78 is 0. The van der Waals surface area contributed by atoms with Crippen molar-refractivity contribution in [3.8, 4) is 0 Å². The minimum absolute atomic E-state index is 0.0468. The van der Waals surface area contributed by atoms with E-state index in [1.807, 2.05) is 37.4 Å². The molecule has 3 aromatic carbocycles. The van der Waals surface area contributed by atoms with E-state index in [9.17, 15) is 10.1 Å². The monoisotopic (exact) mass is 635 g/mol. The number of nitrogens with one attached hydrogen (secondary N) is 1. The lowest BCUT2D eigenvalue weighted by atomic mass is 9.89. The molecule has 0 aliphatic carbocycles. The van der Waals surface area contributed by atoms with E-state index < -0.39 is 0 Å². The van der Waals surface area contributed by atoms with Crippen molar-refractivity contribution in [2.75, 3.05) is 26.2 Å². The molecule has 2 N–H and O–H groups in total. The number of nitro benzene ring substituents is 1. The van der Waals surface area contributed by atoms with Gasteiger partial charge in [-0.05, 0) is 85.1 Å². The molecular formula is C36H49N3O3S2. The van der Waals surface area contributed by atoms with Crippen molar-refractivity contribution >= 4 is 39.6 Å². The maximum Gasteiger partial charge on any atom is 0.283 e. The smallest absolute Gasteiger partial charge is 0.283 e. The fourth-order valence-electron chi connectivity index (χ4n) is 5.31. The first kappa shape index (κ1) is 35.7. The largest absolute Gasteiger partial charge is 0.395 e. The number of rotatable bonds is 12. The van der Waals surface area contributed by atoms with Crippen LogP contribution < -0.4 is 5.32 Å². The lowest BCUT2D eigenvalue weighted by molar-refractivity contribution is -0.387. The quantitative estimate of drug-likeness (QED) is 0.0919. The van der Waals surface area contributed by atoms with E-state index in [4.69, 9.17) is 5.11 Å². The van der Waals surface area contributed by atoms with Gasteiger partial charge in [-0.2, -0.15) is 0 Å². The Balaban J connectivity index is 0.000000232. The van der Waals surface area contributed by atoms with E-state index in [-0.39, 0.29) is 22.8 Å². The molecule has 0 bridgehead atoms. The van der Waals surface area contributed by atoms with Crippen LogP contribution in [-0.2, 0) is 18.7 Å². The second-order valence-corrected chi connectivity index (χ2v) is 13.2. The topological polar surface area (TPSA) is 78.6 Å². The summed E-state index contributed by atoms with van der Waals surface area (Å²) in [5.41, 5.74) is 2.67. The number of likely N-dealkylation sites (tertiary alicyclic amines) is 1. The Morgan fingerprint density at radius 3 is 2.36 bits per heavy atom.